The second-order valence-electron chi connectivity index (χ2n) is 5.35. The number of benzene rings is 2. The Labute approximate surface area is 147 Å². The molecule has 0 spiro atoms. The van der Waals surface area contributed by atoms with Gasteiger partial charge < -0.3 is 10.2 Å². The van der Waals surface area contributed by atoms with Gasteiger partial charge in [0, 0.05) is 27.7 Å². The predicted octanol–water partition coefficient (Wildman–Crippen LogP) is 3.99. The summed E-state index contributed by atoms with van der Waals surface area (Å²) < 4.78 is 0.868. The minimum Gasteiger partial charge on any atom is -0.324 e. The van der Waals surface area contributed by atoms with Crippen LogP contribution in [0.25, 0.3) is 0 Å². The average Bonchev–Trinajstić information content (AvgIpc) is 2.64. The fraction of sp³-hybridized carbons (Fsp3) is 0.176. The molecule has 1 N–H and O–H groups in total. The fourth-order valence-electron chi connectivity index (χ4n) is 2.80. The lowest BCUT2D eigenvalue weighted by Gasteiger charge is -2.30. The van der Waals surface area contributed by atoms with Crippen molar-refractivity contribution in [2.45, 2.75) is 13.0 Å². The molecule has 0 unspecified atom stereocenters. The first-order chi connectivity index (χ1) is 11.0. The summed E-state index contributed by atoms with van der Waals surface area (Å²) in [4.78, 5) is 25.9. The molecule has 3 rings (SSSR count). The maximum Gasteiger partial charge on any atom is 0.244 e. The van der Waals surface area contributed by atoms with E-state index in [0.717, 1.165) is 15.6 Å². The van der Waals surface area contributed by atoms with E-state index in [4.69, 9.17) is 11.6 Å². The summed E-state index contributed by atoms with van der Waals surface area (Å²) in [5.41, 5.74) is 2.31. The molecule has 118 valence electrons. The number of carbonyl (C=O) groups excluding carboxylic acids is 2. The molecule has 1 atom stereocenters. The van der Waals surface area contributed by atoms with Gasteiger partial charge in [-0.2, -0.15) is 0 Å². The van der Waals surface area contributed by atoms with E-state index < -0.39 is 6.04 Å². The van der Waals surface area contributed by atoms with Gasteiger partial charge in [-0.25, -0.2) is 0 Å². The minimum absolute atomic E-state index is 0.0163. The highest BCUT2D eigenvalue weighted by molar-refractivity contribution is 9.10. The summed E-state index contributed by atoms with van der Waals surface area (Å²) in [6.07, 6.45) is 0. The van der Waals surface area contributed by atoms with E-state index in [-0.39, 0.29) is 18.4 Å². The van der Waals surface area contributed by atoms with Crippen LogP contribution in [0.3, 0.4) is 0 Å². The van der Waals surface area contributed by atoms with Crippen LogP contribution in [0.1, 0.15) is 24.1 Å². The molecule has 4 nitrogen and oxygen atoms in total. The van der Waals surface area contributed by atoms with E-state index in [9.17, 15) is 9.59 Å². The maximum atomic E-state index is 12.2. The molecule has 2 aromatic carbocycles. The van der Waals surface area contributed by atoms with Crippen molar-refractivity contribution in [3.63, 3.8) is 0 Å². The standard InChI is InChI=1S/C17H14BrClN2O2/c1-10(22)21-9-16(23)20-15-7-6-11(18)8-13(15)17(21)12-4-2-3-5-14(12)19/h2-8,17H,9H2,1H3,(H,20,23)/t17-/m1/s1. The lowest BCUT2D eigenvalue weighted by Crippen LogP contribution is -2.37. The van der Waals surface area contributed by atoms with E-state index in [1.165, 1.54) is 11.8 Å². The van der Waals surface area contributed by atoms with Crippen LogP contribution in [0, 0.1) is 0 Å². The van der Waals surface area contributed by atoms with Gasteiger partial charge in [-0.05, 0) is 29.8 Å². The summed E-state index contributed by atoms with van der Waals surface area (Å²) in [5, 5.41) is 3.42. The molecule has 2 amide bonds. The Hall–Kier alpha value is -1.85. The van der Waals surface area contributed by atoms with Crippen LogP contribution < -0.4 is 5.32 Å². The zero-order valence-corrected chi connectivity index (χ0v) is 14.7. The summed E-state index contributed by atoms with van der Waals surface area (Å²) >= 11 is 9.83. The average molecular weight is 394 g/mol. The third kappa shape index (κ3) is 3.12. The van der Waals surface area contributed by atoms with Crippen LogP contribution in [-0.4, -0.2) is 23.3 Å². The van der Waals surface area contributed by atoms with E-state index in [1.807, 2.05) is 36.4 Å². The van der Waals surface area contributed by atoms with Crippen LogP contribution >= 0.6 is 27.5 Å². The number of fused-ring (bicyclic) bond motifs is 1. The number of rotatable bonds is 1. The molecule has 0 bridgehead atoms. The van der Waals surface area contributed by atoms with Gasteiger partial charge in [0.1, 0.15) is 6.54 Å². The molecule has 1 heterocycles. The number of halogens is 2. The zero-order chi connectivity index (χ0) is 16.6. The molecule has 6 heteroatoms. The Bertz CT molecular complexity index is 794. The van der Waals surface area contributed by atoms with Gasteiger partial charge in [0.25, 0.3) is 0 Å². The normalized spacial score (nSPS) is 17.3. The third-order valence-corrected chi connectivity index (χ3v) is 4.65. The second-order valence-corrected chi connectivity index (χ2v) is 6.67. The zero-order valence-electron chi connectivity index (χ0n) is 12.3. The molecule has 1 aliphatic heterocycles. The SMILES string of the molecule is CC(=O)N1CC(=O)Nc2ccc(Br)cc2[C@H]1c1ccccc1Cl. The Morgan fingerprint density at radius 2 is 2.00 bits per heavy atom. The van der Waals surface area contributed by atoms with Gasteiger partial charge in [0.05, 0.1) is 6.04 Å². The van der Waals surface area contributed by atoms with Crippen LogP contribution in [0.2, 0.25) is 5.02 Å². The molecule has 23 heavy (non-hydrogen) atoms. The van der Waals surface area contributed by atoms with Crippen LogP contribution in [-0.2, 0) is 9.59 Å². The van der Waals surface area contributed by atoms with Crippen molar-refractivity contribution in [2.24, 2.45) is 0 Å². The van der Waals surface area contributed by atoms with E-state index in [1.54, 1.807) is 6.07 Å². The van der Waals surface area contributed by atoms with Crippen molar-refractivity contribution >= 4 is 45.0 Å². The van der Waals surface area contributed by atoms with Gasteiger partial charge in [-0.15, -0.1) is 0 Å². The highest BCUT2D eigenvalue weighted by atomic mass is 79.9. The van der Waals surface area contributed by atoms with Crippen LogP contribution in [0.5, 0.6) is 0 Å². The Balaban J connectivity index is 2.26. The summed E-state index contributed by atoms with van der Waals surface area (Å²) in [5.74, 6) is -0.406. The van der Waals surface area contributed by atoms with Crippen LogP contribution in [0.15, 0.2) is 46.9 Å². The van der Waals surface area contributed by atoms with Crippen molar-refractivity contribution in [3.05, 3.63) is 63.1 Å². The molecule has 0 saturated heterocycles. The smallest absolute Gasteiger partial charge is 0.244 e. The highest BCUT2D eigenvalue weighted by Gasteiger charge is 2.33. The Morgan fingerprint density at radius 1 is 1.26 bits per heavy atom. The largest absolute Gasteiger partial charge is 0.324 e. The van der Waals surface area contributed by atoms with Crippen molar-refractivity contribution in [1.82, 2.24) is 4.90 Å². The predicted molar refractivity (Wildman–Crippen MR) is 93.5 cm³/mol. The first-order valence-electron chi connectivity index (χ1n) is 7.08. The van der Waals surface area contributed by atoms with Crippen molar-refractivity contribution in [1.29, 1.82) is 0 Å². The number of nitrogens with zero attached hydrogens (tertiary/aromatic N) is 1. The highest BCUT2D eigenvalue weighted by Crippen LogP contribution is 2.39. The topological polar surface area (TPSA) is 49.4 Å². The van der Waals surface area contributed by atoms with E-state index in [2.05, 4.69) is 21.2 Å². The van der Waals surface area contributed by atoms with Crippen molar-refractivity contribution in [2.75, 3.05) is 11.9 Å². The number of carbonyl (C=O) groups is 2. The molecule has 2 aromatic rings. The molecule has 0 aliphatic carbocycles. The first kappa shape index (κ1) is 16.0. The molecule has 0 aromatic heterocycles. The summed E-state index contributed by atoms with van der Waals surface area (Å²) in [6.45, 7) is 1.44. The fourth-order valence-corrected chi connectivity index (χ4v) is 3.42. The van der Waals surface area contributed by atoms with E-state index in [0.29, 0.717) is 10.7 Å². The maximum absolute atomic E-state index is 12.2. The number of anilines is 1. The number of nitrogens with one attached hydrogen (secondary N) is 1. The Kier molecular flexibility index (Phi) is 4.41. The molecule has 0 saturated carbocycles. The van der Waals surface area contributed by atoms with Gasteiger partial charge in [0.2, 0.25) is 11.8 Å². The number of hydrogen-bond acceptors (Lipinski definition) is 2. The van der Waals surface area contributed by atoms with Gasteiger partial charge in [0.15, 0.2) is 0 Å². The molecule has 0 radical (unpaired) electrons. The summed E-state index contributed by atoms with van der Waals surface area (Å²) in [7, 11) is 0. The van der Waals surface area contributed by atoms with Crippen molar-refractivity contribution in [3.8, 4) is 0 Å². The Morgan fingerprint density at radius 3 is 2.70 bits per heavy atom. The second kappa shape index (κ2) is 6.34. The number of amides is 2. The quantitative estimate of drug-likeness (QED) is 0.796. The lowest BCUT2D eigenvalue weighted by atomic mass is 9.96. The molecular weight excluding hydrogens is 380 g/mol. The van der Waals surface area contributed by atoms with Crippen molar-refractivity contribution < 1.29 is 9.59 Å². The van der Waals surface area contributed by atoms with Crippen LogP contribution in [0.4, 0.5) is 5.69 Å². The molecule has 0 fully saturated rings. The molecular formula is C17H14BrClN2O2. The number of hydrogen-bond donors (Lipinski definition) is 1. The first-order valence-corrected chi connectivity index (χ1v) is 8.25. The summed E-state index contributed by atoms with van der Waals surface area (Å²) in [6, 6.07) is 12.5. The van der Waals surface area contributed by atoms with Gasteiger partial charge in [-0.1, -0.05) is 45.7 Å². The van der Waals surface area contributed by atoms with Gasteiger partial charge in [-0.3, -0.25) is 9.59 Å². The minimum atomic E-state index is -0.423. The third-order valence-electron chi connectivity index (χ3n) is 3.81. The van der Waals surface area contributed by atoms with E-state index >= 15 is 0 Å². The van der Waals surface area contributed by atoms with Gasteiger partial charge >= 0.3 is 0 Å². The monoisotopic (exact) mass is 392 g/mol. The molecule has 1 aliphatic rings. The lowest BCUT2D eigenvalue weighted by molar-refractivity contribution is -0.134.